The summed E-state index contributed by atoms with van der Waals surface area (Å²) in [4.78, 5) is 15.1. The minimum absolute atomic E-state index is 0.130. The fraction of sp³-hybridized carbons (Fsp3) is 0.269. The van der Waals surface area contributed by atoms with E-state index in [1.165, 1.54) is 16.7 Å². The minimum atomic E-state index is -0.246. The first-order valence-corrected chi connectivity index (χ1v) is 10.3. The van der Waals surface area contributed by atoms with Crippen LogP contribution in [0.15, 0.2) is 78.9 Å². The van der Waals surface area contributed by atoms with E-state index in [9.17, 15) is 4.79 Å². The van der Waals surface area contributed by atoms with Crippen molar-refractivity contribution in [1.82, 2.24) is 4.90 Å². The molecule has 29 heavy (non-hydrogen) atoms. The second-order valence-electron chi connectivity index (χ2n) is 7.92. The molecular formula is C26H27NO2. The SMILES string of the molecule is CC(C)OC(=O)c1ccccc1CN1Cc2ccccc2CC1c1ccccc1. The number of rotatable bonds is 5. The second kappa shape index (κ2) is 8.62. The van der Waals surface area contributed by atoms with Gasteiger partial charge in [0.1, 0.15) is 0 Å². The largest absolute Gasteiger partial charge is 0.459 e. The third-order valence-electron chi connectivity index (χ3n) is 5.48. The van der Waals surface area contributed by atoms with Crippen LogP contribution >= 0.6 is 0 Å². The summed E-state index contributed by atoms with van der Waals surface area (Å²) in [5, 5.41) is 0. The van der Waals surface area contributed by atoms with Crippen molar-refractivity contribution < 1.29 is 9.53 Å². The van der Waals surface area contributed by atoms with Gasteiger partial charge in [0.15, 0.2) is 0 Å². The van der Waals surface area contributed by atoms with Crippen molar-refractivity contribution in [3.63, 3.8) is 0 Å². The summed E-state index contributed by atoms with van der Waals surface area (Å²) >= 11 is 0. The Bertz CT molecular complexity index is 981. The molecule has 1 unspecified atom stereocenters. The molecule has 3 aromatic carbocycles. The van der Waals surface area contributed by atoms with E-state index in [2.05, 4.69) is 59.5 Å². The first kappa shape index (κ1) is 19.4. The number of hydrogen-bond acceptors (Lipinski definition) is 3. The van der Waals surface area contributed by atoms with Crippen molar-refractivity contribution in [3.8, 4) is 0 Å². The molecule has 1 heterocycles. The zero-order valence-corrected chi connectivity index (χ0v) is 17.0. The maximum atomic E-state index is 12.6. The number of esters is 1. The summed E-state index contributed by atoms with van der Waals surface area (Å²) in [6, 6.07) is 27.4. The number of fused-ring (bicyclic) bond motifs is 1. The van der Waals surface area contributed by atoms with E-state index in [-0.39, 0.29) is 18.1 Å². The molecule has 0 bridgehead atoms. The van der Waals surface area contributed by atoms with Crippen LogP contribution in [-0.2, 0) is 24.2 Å². The lowest BCUT2D eigenvalue weighted by Gasteiger charge is -2.37. The van der Waals surface area contributed by atoms with Gasteiger partial charge in [-0.25, -0.2) is 4.79 Å². The van der Waals surface area contributed by atoms with Crippen molar-refractivity contribution >= 4 is 5.97 Å². The smallest absolute Gasteiger partial charge is 0.338 e. The lowest BCUT2D eigenvalue weighted by Crippen LogP contribution is -2.34. The van der Waals surface area contributed by atoms with Crippen LogP contribution in [0.2, 0.25) is 0 Å². The summed E-state index contributed by atoms with van der Waals surface area (Å²) < 4.78 is 5.48. The Labute approximate surface area is 172 Å². The van der Waals surface area contributed by atoms with Gasteiger partial charge >= 0.3 is 5.97 Å². The predicted octanol–water partition coefficient (Wildman–Crippen LogP) is 5.55. The zero-order chi connectivity index (χ0) is 20.2. The lowest BCUT2D eigenvalue weighted by atomic mass is 9.89. The van der Waals surface area contributed by atoms with Crippen molar-refractivity contribution in [2.75, 3.05) is 0 Å². The first-order chi connectivity index (χ1) is 14.1. The Hall–Kier alpha value is -2.91. The Kier molecular flexibility index (Phi) is 5.77. The molecule has 1 atom stereocenters. The number of benzene rings is 3. The summed E-state index contributed by atoms with van der Waals surface area (Å²) in [6.45, 7) is 5.33. The topological polar surface area (TPSA) is 29.5 Å². The third kappa shape index (κ3) is 4.41. The van der Waals surface area contributed by atoms with E-state index < -0.39 is 0 Å². The van der Waals surface area contributed by atoms with Crippen LogP contribution in [0.25, 0.3) is 0 Å². The molecule has 0 saturated heterocycles. The van der Waals surface area contributed by atoms with E-state index in [0.717, 1.165) is 18.5 Å². The van der Waals surface area contributed by atoms with E-state index in [4.69, 9.17) is 4.74 Å². The highest BCUT2D eigenvalue weighted by molar-refractivity contribution is 5.91. The average Bonchev–Trinajstić information content (AvgIpc) is 2.74. The molecule has 0 spiro atoms. The summed E-state index contributed by atoms with van der Waals surface area (Å²) in [5.74, 6) is -0.246. The van der Waals surface area contributed by atoms with Gasteiger partial charge in [0.2, 0.25) is 0 Å². The predicted molar refractivity (Wildman–Crippen MR) is 116 cm³/mol. The molecule has 0 aliphatic carbocycles. The molecule has 0 amide bonds. The van der Waals surface area contributed by atoms with E-state index in [0.29, 0.717) is 12.1 Å². The first-order valence-electron chi connectivity index (χ1n) is 10.3. The normalized spacial score (nSPS) is 16.4. The number of hydrogen-bond donors (Lipinski definition) is 0. The lowest BCUT2D eigenvalue weighted by molar-refractivity contribution is 0.0374. The molecule has 3 nitrogen and oxygen atoms in total. The molecule has 4 rings (SSSR count). The molecule has 0 radical (unpaired) electrons. The van der Waals surface area contributed by atoms with Crippen molar-refractivity contribution in [2.45, 2.75) is 45.5 Å². The van der Waals surface area contributed by atoms with Crippen LogP contribution in [0.1, 0.15) is 52.5 Å². The minimum Gasteiger partial charge on any atom is -0.459 e. The van der Waals surface area contributed by atoms with Crippen molar-refractivity contribution in [3.05, 3.63) is 107 Å². The van der Waals surface area contributed by atoms with Gasteiger partial charge in [-0.1, -0.05) is 72.8 Å². The molecule has 1 aliphatic rings. The Morgan fingerprint density at radius 3 is 2.34 bits per heavy atom. The molecular weight excluding hydrogens is 358 g/mol. The maximum absolute atomic E-state index is 12.6. The van der Waals surface area contributed by atoms with Gasteiger partial charge in [-0.2, -0.15) is 0 Å². The maximum Gasteiger partial charge on any atom is 0.338 e. The van der Waals surface area contributed by atoms with Crippen LogP contribution in [-0.4, -0.2) is 17.0 Å². The van der Waals surface area contributed by atoms with Gasteiger partial charge in [0.25, 0.3) is 0 Å². The van der Waals surface area contributed by atoms with Crippen LogP contribution in [0, 0.1) is 0 Å². The highest BCUT2D eigenvalue weighted by Crippen LogP contribution is 2.34. The van der Waals surface area contributed by atoms with Crippen LogP contribution < -0.4 is 0 Å². The monoisotopic (exact) mass is 385 g/mol. The molecule has 1 aliphatic heterocycles. The van der Waals surface area contributed by atoms with Gasteiger partial charge in [0.05, 0.1) is 11.7 Å². The highest BCUT2D eigenvalue weighted by Gasteiger charge is 2.28. The molecule has 3 aromatic rings. The molecule has 148 valence electrons. The van der Waals surface area contributed by atoms with E-state index in [1.54, 1.807) is 0 Å². The second-order valence-corrected chi connectivity index (χ2v) is 7.92. The van der Waals surface area contributed by atoms with Crippen molar-refractivity contribution in [1.29, 1.82) is 0 Å². The quantitative estimate of drug-likeness (QED) is 0.539. The van der Waals surface area contributed by atoms with E-state index >= 15 is 0 Å². The van der Waals surface area contributed by atoms with Crippen molar-refractivity contribution in [2.24, 2.45) is 0 Å². The van der Waals surface area contributed by atoms with Gasteiger partial charge in [-0.15, -0.1) is 0 Å². The number of carbonyl (C=O) groups excluding carboxylic acids is 1. The summed E-state index contributed by atoms with van der Waals surface area (Å²) in [6.07, 6.45) is 0.841. The molecule has 0 aromatic heterocycles. The molecule has 0 fully saturated rings. The molecule has 3 heteroatoms. The van der Waals surface area contributed by atoms with Crippen LogP contribution in [0.4, 0.5) is 0 Å². The highest BCUT2D eigenvalue weighted by atomic mass is 16.5. The molecule has 0 N–H and O–H groups in total. The Balaban J connectivity index is 1.67. The fourth-order valence-corrected chi connectivity index (χ4v) is 4.10. The Morgan fingerprint density at radius 2 is 1.59 bits per heavy atom. The van der Waals surface area contributed by atoms with Crippen LogP contribution in [0.5, 0.6) is 0 Å². The standard InChI is InChI=1S/C26H27NO2/c1-19(2)29-26(28)24-15-9-8-14-23(24)18-27-17-22-13-7-6-12-21(22)16-25(27)20-10-4-3-5-11-20/h3-15,19,25H,16-18H2,1-2H3. The number of carbonyl (C=O) groups is 1. The Morgan fingerprint density at radius 1 is 0.931 bits per heavy atom. The van der Waals surface area contributed by atoms with E-state index in [1.807, 2.05) is 38.1 Å². The van der Waals surface area contributed by atoms with Gasteiger partial charge in [-0.05, 0) is 48.6 Å². The fourth-order valence-electron chi connectivity index (χ4n) is 4.10. The van der Waals surface area contributed by atoms with Crippen LogP contribution in [0.3, 0.4) is 0 Å². The number of nitrogens with zero attached hydrogens (tertiary/aromatic N) is 1. The zero-order valence-electron chi connectivity index (χ0n) is 17.0. The summed E-state index contributed by atoms with van der Waals surface area (Å²) in [5.41, 5.74) is 5.75. The number of ether oxygens (including phenoxy) is 1. The van der Waals surface area contributed by atoms with Gasteiger partial charge in [0, 0.05) is 19.1 Å². The third-order valence-corrected chi connectivity index (χ3v) is 5.48. The summed E-state index contributed by atoms with van der Waals surface area (Å²) in [7, 11) is 0. The van der Waals surface area contributed by atoms with Gasteiger partial charge < -0.3 is 4.74 Å². The average molecular weight is 386 g/mol. The molecule has 0 saturated carbocycles. The van der Waals surface area contributed by atoms with Gasteiger partial charge in [-0.3, -0.25) is 4.90 Å².